The monoisotopic (exact) mass is 241 g/mol. The molecule has 4 nitrogen and oxygen atoms in total. The quantitative estimate of drug-likeness (QED) is 0.709. The van der Waals surface area contributed by atoms with E-state index in [4.69, 9.17) is 9.47 Å². The van der Waals surface area contributed by atoms with E-state index in [1.807, 2.05) is 0 Å². The number of rotatable bonds is 1. The number of hydrogen-bond donors (Lipinski definition) is 2. The van der Waals surface area contributed by atoms with Gasteiger partial charge in [0.25, 0.3) is 0 Å². The molecule has 3 saturated heterocycles. The summed E-state index contributed by atoms with van der Waals surface area (Å²) >= 11 is 0. The van der Waals surface area contributed by atoms with E-state index in [1.165, 1.54) is 0 Å². The topological polar surface area (TPSA) is 50.7 Å². The summed E-state index contributed by atoms with van der Waals surface area (Å²) in [5, 5.41) is 14.1. The van der Waals surface area contributed by atoms with Crippen molar-refractivity contribution in [2.45, 2.75) is 43.3 Å². The predicted molar refractivity (Wildman–Crippen MR) is 63.9 cm³/mol. The van der Waals surface area contributed by atoms with Gasteiger partial charge in [0.1, 0.15) is 0 Å². The summed E-state index contributed by atoms with van der Waals surface area (Å²) in [4.78, 5) is 0. The molecular weight excluding hydrogens is 218 g/mol. The highest BCUT2D eigenvalue weighted by atomic mass is 16.6. The first-order valence-corrected chi connectivity index (χ1v) is 6.87. The van der Waals surface area contributed by atoms with Crippen molar-refractivity contribution in [2.24, 2.45) is 5.92 Å². The van der Waals surface area contributed by atoms with Gasteiger partial charge in [0.15, 0.2) is 0 Å². The molecule has 2 N–H and O–H groups in total. The first-order valence-electron chi connectivity index (χ1n) is 6.87. The Bertz CT molecular complexity index is 270. The molecule has 1 spiro atoms. The third kappa shape index (κ3) is 2.24. The van der Waals surface area contributed by atoms with E-state index in [9.17, 15) is 5.11 Å². The van der Waals surface area contributed by atoms with E-state index in [2.05, 4.69) is 5.32 Å². The largest absolute Gasteiger partial charge is 0.389 e. The van der Waals surface area contributed by atoms with Crippen molar-refractivity contribution < 1.29 is 14.6 Å². The van der Waals surface area contributed by atoms with Gasteiger partial charge >= 0.3 is 0 Å². The van der Waals surface area contributed by atoms with Gasteiger partial charge in [-0.25, -0.2) is 0 Å². The average Bonchev–Trinajstić information content (AvgIpc) is 2.78. The molecule has 0 amide bonds. The SMILES string of the molecule is OC1(C2CCOC3(CCOC3)C2)CCNCC1. The number of piperidine rings is 1. The molecule has 17 heavy (non-hydrogen) atoms. The summed E-state index contributed by atoms with van der Waals surface area (Å²) in [5.41, 5.74) is -0.547. The molecule has 0 radical (unpaired) electrons. The highest BCUT2D eigenvalue weighted by Gasteiger charge is 2.47. The van der Waals surface area contributed by atoms with Crippen LogP contribution in [-0.4, -0.2) is 49.2 Å². The van der Waals surface area contributed by atoms with Crippen LogP contribution < -0.4 is 5.32 Å². The van der Waals surface area contributed by atoms with Crippen LogP contribution in [0.2, 0.25) is 0 Å². The van der Waals surface area contributed by atoms with Crippen LogP contribution in [0.4, 0.5) is 0 Å². The summed E-state index contributed by atoms with van der Waals surface area (Å²) in [6.07, 6.45) is 4.74. The fraction of sp³-hybridized carbons (Fsp3) is 1.00. The number of aliphatic hydroxyl groups is 1. The highest BCUT2D eigenvalue weighted by Crippen LogP contribution is 2.42. The van der Waals surface area contributed by atoms with Gasteiger partial charge in [-0.2, -0.15) is 0 Å². The summed E-state index contributed by atoms with van der Waals surface area (Å²) in [6.45, 7) is 4.20. The van der Waals surface area contributed by atoms with Gasteiger partial charge in [0.05, 0.1) is 17.8 Å². The zero-order valence-corrected chi connectivity index (χ0v) is 10.4. The number of hydrogen-bond acceptors (Lipinski definition) is 4. The van der Waals surface area contributed by atoms with Crippen LogP contribution in [0.1, 0.15) is 32.1 Å². The standard InChI is InChI=1S/C13H23NO3/c15-13(2-5-14-6-3-13)11-1-7-17-12(9-11)4-8-16-10-12/h11,14-15H,1-10H2. The predicted octanol–water partition coefficient (Wildman–Crippen LogP) is 0.687. The van der Waals surface area contributed by atoms with Crippen LogP contribution in [0, 0.1) is 5.92 Å². The maximum atomic E-state index is 10.8. The third-order valence-corrected chi connectivity index (χ3v) is 4.79. The van der Waals surface area contributed by atoms with Gasteiger partial charge in [0, 0.05) is 19.6 Å². The Morgan fingerprint density at radius 3 is 2.65 bits per heavy atom. The molecule has 0 aromatic rings. The first-order chi connectivity index (χ1) is 8.23. The third-order valence-electron chi connectivity index (χ3n) is 4.79. The molecule has 3 aliphatic rings. The van der Waals surface area contributed by atoms with E-state index in [0.717, 1.165) is 65.0 Å². The Morgan fingerprint density at radius 2 is 1.94 bits per heavy atom. The molecule has 3 heterocycles. The molecule has 0 aliphatic carbocycles. The minimum atomic E-state index is -0.468. The fourth-order valence-electron chi connectivity index (χ4n) is 3.62. The minimum absolute atomic E-state index is 0.0798. The van der Waals surface area contributed by atoms with Crippen molar-refractivity contribution >= 4 is 0 Å². The summed E-state index contributed by atoms with van der Waals surface area (Å²) in [5.74, 6) is 0.389. The van der Waals surface area contributed by atoms with Crippen molar-refractivity contribution in [3.63, 3.8) is 0 Å². The minimum Gasteiger partial charge on any atom is -0.389 e. The van der Waals surface area contributed by atoms with Crippen LogP contribution >= 0.6 is 0 Å². The molecule has 2 unspecified atom stereocenters. The van der Waals surface area contributed by atoms with Crippen LogP contribution in [0.25, 0.3) is 0 Å². The molecule has 98 valence electrons. The van der Waals surface area contributed by atoms with Gasteiger partial charge in [-0.3, -0.25) is 0 Å². The Hall–Kier alpha value is -0.160. The van der Waals surface area contributed by atoms with E-state index in [1.54, 1.807) is 0 Å². The van der Waals surface area contributed by atoms with Crippen molar-refractivity contribution in [2.75, 3.05) is 32.9 Å². The molecule has 0 bridgehead atoms. The molecular formula is C13H23NO3. The number of ether oxygens (including phenoxy) is 2. The lowest BCUT2D eigenvalue weighted by Gasteiger charge is -2.46. The van der Waals surface area contributed by atoms with Crippen molar-refractivity contribution in [3.05, 3.63) is 0 Å². The van der Waals surface area contributed by atoms with Gasteiger partial charge < -0.3 is 19.9 Å². The van der Waals surface area contributed by atoms with E-state index >= 15 is 0 Å². The molecule has 3 rings (SSSR count). The molecule has 0 aromatic heterocycles. The Labute approximate surface area is 103 Å². The van der Waals surface area contributed by atoms with Gasteiger partial charge in [-0.05, 0) is 44.7 Å². The maximum absolute atomic E-state index is 10.8. The lowest BCUT2D eigenvalue weighted by molar-refractivity contribution is -0.149. The second-order valence-electron chi connectivity index (χ2n) is 5.88. The maximum Gasteiger partial charge on any atom is 0.0940 e. The normalized spacial score (nSPS) is 41.8. The van der Waals surface area contributed by atoms with Crippen molar-refractivity contribution in [1.29, 1.82) is 0 Å². The van der Waals surface area contributed by atoms with Crippen molar-refractivity contribution in [1.82, 2.24) is 5.32 Å². The lowest BCUT2D eigenvalue weighted by atomic mass is 9.71. The molecule has 2 atom stereocenters. The molecule has 3 aliphatic heterocycles. The van der Waals surface area contributed by atoms with Gasteiger partial charge in [-0.15, -0.1) is 0 Å². The lowest BCUT2D eigenvalue weighted by Crippen LogP contribution is -2.53. The van der Waals surface area contributed by atoms with Crippen LogP contribution in [0.15, 0.2) is 0 Å². The van der Waals surface area contributed by atoms with Gasteiger partial charge in [-0.1, -0.05) is 0 Å². The second-order valence-corrected chi connectivity index (χ2v) is 5.88. The van der Waals surface area contributed by atoms with Crippen LogP contribution in [0.5, 0.6) is 0 Å². The Balaban J connectivity index is 1.70. The second kappa shape index (κ2) is 4.50. The molecule has 0 aromatic carbocycles. The zero-order valence-electron chi connectivity index (χ0n) is 10.4. The molecule has 4 heteroatoms. The smallest absolute Gasteiger partial charge is 0.0940 e. The van der Waals surface area contributed by atoms with Gasteiger partial charge in [0.2, 0.25) is 0 Å². The van der Waals surface area contributed by atoms with E-state index in [-0.39, 0.29) is 5.60 Å². The zero-order chi connectivity index (χ0) is 11.8. The molecule has 3 fully saturated rings. The van der Waals surface area contributed by atoms with E-state index < -0.39 is 5.60 Å². The van der Waals surface area contributed by atoms with Crippen molar-refractivity contribution in [3.8, 4) is 0 Å². The fourth-order valence-corrected chi connectivity index (χ4v) is 3.62. The van der Waals surface area contributed by atoms with E-state index in [0.29, 0.717) is 5.92 Å². The first kappa shape index (κ1) is 11.9. The van der Waals surface area contributed by atoms with Crippen LogP contribution in [-0.2, 0) is 9.47 Å². The van der Waals surface area contributed by atoms with Crippen LogP contribution in [0.3, 0.4) is 0 Å². The average molecular weight is 241 g/mol. The summed E-state index contributed by atoms with van der Waals surface area (Å²) in [6, 6.07) is 0. The summed E-state index contributed by atoms with van der Waals surface area (Å²) < 4.78 is 11.4. The molecule has 0 saturated carbocycles. The number of nitrogens with one attached hydrogen (secondary N) is 1. The Morgan fingerprint density at radius 1 is 1.12 bits per heavy atom. The highest BCUT2D eigenvalue weighted by molar-refractivity contribution is 4.98. The summed E-state index contributed by atoms with van der Waals surface area (Å²) in [7, 11) is 0. The Kier molecular flexibility index (Phi) is 3.15.